The number of amides is 2. The zero-order valence-electron chi connectivity index (χ0n) is 9.43. The molecular weight excluding hydrogens is 206 g/mol. The summed E-state index contributed by atoms with van der Waals surface area (Å²) < 4.78 is 0. The van der Waals surface area contributed by atoms with E-state index in [0.717, 1.165) is 0 Å². The molecule has 0 bridgehead atoms. The van der Waals surface area contributed by atoms with Crippen LogP contribution in [0.25, 0.3) is 0 Å². The second-order valence-corrected chi connectivity index (χ2v) is 4.47. The average Bonchev–Trinajstić information content (AvgIpc) is 2.68. The zero-order valence-corrected chi connectivity index (χ0v) is 9.43. The van der Waals surface area contributed by atoms with E-state index in [-0.39, 0.29) is 30.3 Å². The molecule has 5 nitrogen and oxygen atoms in total. The quantitative estimate of drug-likeness (QED) is 0.591. The van der Waals surface area contributed by atoms with Gasteiger partial charge in [0.05, 0.1) is 12.5 Å². The smallest absolute Gasteiger partial charge is 0.241 e. The Hall–Kier alpha value is -1.36. The van der Waals surface area contributed by atoms with E-state index in [0.29, 0.717) is 19.5 Å². The molecule has 0 radical (unpaired) electrons. The van der Waals surface area contributed by atoms with Crippen LogP contribution in [0.4, 0.5) is 0 Å². The molecule has 0 saturated carbocycles. The van der Waals surface area contributed by atoms with Crippen molar-refractivity contribution < 1.29 is 9.59 Å². The molecule has 0 spiro atoms. The van der Waals surface area contributed by atoms with Gasteiger partial charge in [0.15, 0.2) is 0 Å². The molecule has 2 unspecified atom stereocenters. The van der Waals surface area contributed by atoms with Crippen molar-refractivity contribution in [1.29, 1.82) is 0 Å². The molecule has 88 valence electrons. The Morgan fingerprint density at radius 2 is 2.19 bits per heavy atom. The van der Waals surface area contributed by atoms with Crippen LogP contribution in [0.1, 0.15) is 6.42 Å². The Morgan fingerprint density at radius 3 is 2.75 bits per heavy atom. The minimum Gasteiger partial charge on any atom is -0.342 e. The van der Waals surface area contributed by atoms with Gasteiger partial charge in [-0.25, -0.2) is 0 Å². The van der Waals surface area contributed by atoms with Crippen LogP contribution in [0.15, 0.2) is 12.2 Å². The van der Waals surface area contributed by atoms with Crippen molar-refractivity contribution in [3.8, 4) is 0 Å². The minimum absolute atomic E-state index is 0.00544. The van der Waals surface area contributed by atoms with Gasteiger partial charge in [0, 0.05) is 26.2 Å². The Morgan fingerprint density at radius 1 is 1.44 bits per heavy atom. The van der Waals surface area contributed by atoms with Crippen LogP contribution in [-0.2, 0) is 9.59 Å². The van der Waals surface area contributed by atoms with Gasteiger partial charge in [-0.1, -0.05) is 12.2 Å². The van der Waals surface area contributed by atoms with Gasteiger partial charge in [-0.05, 0) is 6.42 Å². The Balaban J connectivity index is 1.96. The lowest BCUT2D eigenvalue weighted by Crippen LogP contribution is -2.52. The van der Waals surface area contributed by atoms with Crippen molar-refractivity contribution in [2.24, 2.45) is 11.7 Å². The van der Waals surface area contributed by atoms with Crippen LogP contribution in [0.3, 0.4) is 0 Å². The molecule has 2 N–H and O–H groups in total. The van der Waals surface area contributed by atoms with E-state index in [4.69, 9.17) is 5.73 Å². The van der Waals surface area contributed by atoms with Gasteiger partial charge in [-0.2, -0.15) is 0 Å². The predicted molar refractivity (Wildman–Crippen MR) is 59.4 cm³/mol. The number of piperazine rings is 1. The second kappa shape index (κ2) is 4.25. The highest BCUT2D eigenvalue weighted by Crippen LogP contribution is 2.19. The first-order chi connectivity index (χ1) is 7.58. The predicted octanol–water partition coefficient (Wildman–Crippen LogP) is -0.810. The average molecular weight is 223 g/mol. The van der Waals surface area contributed by atoms with Crippen molar-refractivity contribution in [1.82, 2.24) is 9.80 Å². The number of hydrogen-bond acceptors (Lipinski definition) is 3. The molecule has 2 rings (SSSR count). The fourth-order valence-corrected chi connectivity index (χ4v) is 2.09. The first-order valence-electron chi connectivity index (χ1n) is 5.54. The maximum atomic E-state index is 12.0. The fourth-order valence-electron chi connectivity index (χ4n) is 2.09. The van der Waals surface area contributed by atoms with E-state index < -0.39 is 0 Å². The molecule has 0 aromatic rings. The summed E-state index contributed by atoms with van der Waals surface area (Å²) in [4.78, 5) is 26.8. The summed E-state index contributed by atoms with van der Waals surface area (Å²) in [5, 5.41) is 0. The fraction of sp³-hybridized carbons (Fsp3) is 0.636. The normalized spacial score (nSPS) is 30.0. The van der Waals surface area contributed by atoms with E-state index >= 15 is 0 Å². The van der Waals surface area contributed by atoms with Gasteiger partial charge in [-0.3, -0.25) is 9.59 Å². The zero-order chi connectivity index (χ0) is 11.7. The molecule has 2 amide bonds. The molecule has 1 fully saturated rings. The van der Waals surface area contributed by atoms with Crippen molar-refractivity contribution in [2.75, 3.05) is 26.7 Å². The molecule has 1 saturated heterocycles. The molecule has 2 aliphatic rings. The van der Waals surface area contributed by atoms with E-state index in [1.54, 1.807) is 16.8 Å². The van der Waals surface area contributed by atoms with Crippen molar-refractivity contribution in [3.05, 3.63) is 12.2 Å². The molecular formula is C11H17N3O2. The lowest BCUT2D eigenvalue weighted by molar-refractivity contribution is -0.145. The van der Waals surface area contributed by atoms with Gasteiger partial charge >= 0.3 is 0 Å². The van der Waals surface area contributed by atoms with Crippen LogP contribution < -0.4 is 5.73 Å². The molecule has 0 aromatic carbocycles. The third kappa shape index (κ3) is 2.09. The van der Waals surface area contributed by atoms with Gasteiger partial charge in [0.1, 0.15) is 0 Å². The second-order valence-electron chi connectivity index (χ2n) is 4.47. The summed E-state index contributed by atoms with van der Waals surface area (Å²) in [6.07, 6.45) is 4.38. The third-order valence-corrected chi connectivity index (χ3v) is 3.20. The number of carbonyl (C=O) groups is 2. The summed E-state index contributed by atoms with van der Waals surface area (Å²) in [7, 11) is 1.76. The molecule has 1 aliphatic heterocycles. The van der Waals surface area contributed by atoms with E-state index in [9.17, 15) is 9.59 Å². The highest BCUT2D eigenvalue weighted by molar-refractivity contribution is 5.88. The van der Waals surface area contributed by atoms with Crippen molar-refractivity contribution in [3.63, 3.8) is 0 Å². The number of nitrogens with two attached hydrogens (primary N) is 1. The monoisotopic (exact) mass is 223 g/mol. The Labute approximate surface area is 94.9 Å². The lowest BCUT2D eigenvalue weighted by Gasteiger charge is -2.33. The van der Waals surface area contributed by atoms with Gasteiger partial charge in [-0.15, -0.1) is 0 Å². The van der Waals surface area contributed by atoms with Crippen LogP contribution in [0.2, 0.25) is 0 Å². The summed E-state index contributed by atoms with van der Waals surface area (Å²) >= 11 is 0. The van der Waals surface area contributed by atoms with Crippen molar-refractivity contribution in [2.45, 2.75) is 12.5 Å². The van der Waals surface area contributed by atoms with Crippen LogP contribution in [0.5, 0.6) is 0 Å². The van der Waals surface area contributed by atoms with Gasteiger partial charge in [0.2, 0.25) is 11.8 Å². The molecule has 5 heteroatoms. The maximum absolute atomic E-state index is 12.0. The van der Waals surface area contributed by atoms with E-state index in [1.165, 1.54) is 0 Å². The van der Waals surface area contributed by atoms with E-state index in [2.05, 4.69) is 0 Å². The third-order valence-electron chi connectivity index (χ3n) is 3.20. The van der Waals surface area contributed by atoms with Crippen LogP contribution >= 0.6 is 0 Å². The molecule has 2 atom stereocenters. The number of nitrogens with zero attached hydrogens (tertiary/aromatic N) is 2. The highest BCUT2D eigenvalue weighted by Gasteiger charge is 2.31. The summed E-state index contributed by atoms with van der Waals surface area (Å²) in [6.45, 7) is 1.45. The van der Waals surface area contributed by atoms with Gasteiger partial charge in [0.25, 0.3) is 0 Å². The SMILES string of the molecule is CN1CCN(C(=O)C2C=CC(N)C2)CC1=O. The number of carbonyl (C=O) groups excluding carboxylic acids is 2. The van der Waals surface area contributed by atoms with Gasteiger partial charge < -0.3 is 15.5 Å². The number of likely N-dealkylation sites (N-methyl/N-ethyl adjacent to an activating group) is 1. The Bertz CT molecular complexity index is 340. The van der Waals surface area contributed by atoms with E-state index in [1.807, 2.05) is 12.2 Å². The molecule has 16 heavy (non-hydrogen) atoms. The summed E-state index contributed by atoms with van der Waals surface area (Å²) in [6, 6.07) is -0.0166. The lowest BCUT2D eigenvalue weighted by atomic mass is 10.1. The largest absolute Gasteiger partial charge is 0.342 e. The number of rotatable bonds is 1. The molecule has 1 heterocycles. The minimum atomic E-state index is -0.133. The maximum Gasteiger partial charge on any atom is 0.241 e. The standard InChI is InChI=1S/C11H17N3O2/c1-13-4-5-14(7-10(13)15)11(16)8-2-3-9(12)6-8/h2-3,8-9H,4-7,12H2,1H3. The summed E-state index contributed by atoms with van der Waals surface area (Å²) in [5.41, 5.74) is 5.71. The summed E-state index contributed by atoms with van der Waals surface area (Å²) in [5.74, 6) is -0.0947. The molecule has 1 aliphatic carbocycles. The first-order valence-corrected chi connectivity index (χ1v) is 5.54. The number of hydrogen-bond donors (Lipinski definition) is 1. The molecule has 0 aromatic heterocycles. The Kier molecular flexibility index (Phi) is 2.96. The highest BCUT2D eigenvalue weighted by atomic mass is 16.2. The van der Waals surface area contributed by atoms with Crippen LogP contribution in [0, 0.1) is 5.92 Å². The topological polar surface area (TPSA) is 66.6 Å². The van der Waals surface area contributed by atoms with Crippen molar-refractivity contribution >= 4 is 11.8 Å². The first kappa shape index (κ1) is 11.1. The van der Waals surface area contributed by atoms with Crippen LogP contribution in [-0.4, -0.2) is 54.3 Å².